The lowest BCUT2D eigenvalue weighted by Gasteiger charge is -2.32. The zero-order chi connectivity index (χ0) is 14.7. The van der Waals surface area contributed by atoms with E-state index < -0.39 is 0 Å². The van der Waals surface area contributed by atoms with Gasteiger partial charge in [-0.3, -0.25) is 9.69 Å². The molecule has 0 N–H and O–H groups in total. The van der Waals surface area contributed by atoms with Crippen molar-refractivity contribution in [2.45, 2.75) is 25.7 Å². The summed E-state index contributed by atoms with van der Waals surface area (Å²) in [5.74, 6) is 0.475. The van der Waals surface area contributed by atoms with E-state index in [1.54, 1.807) is 31.1 Å². The molecule has 0 unspecified atom stereocenters. The minimum atomic E-state index is -0.166. The van der Waals surface area contributed by atoms with Crippen molar-refractivity contribution in [2.24, 2.45) is 0 Å². The highest BCUT2D eigenvalue weighted by Gasteiger charge is 2.23. The number of carbonyl (C=O) groups excluding carboxylic acids is 1. The molecule has 110 valence electrons. The van der Waals surface area contributed by atoms with Gasteiger partial charge in [0.2, 0.25) is 5.91 Å². The number of likely N-dealkylation sites (tertiary alicyclic amines) is 1. The fraction of sp³-hybridized carbons (Fsp3) is 0.562. The minimum Gasteiger partial charge on any atom is -0.348 e. The summed E-state index contributed by atoms with van der Waals surface area (Å²) in [6, 6.07) is 5.07. The average Bonchev–Trinajstić information content (AvgIpc) is 2.40. The smallest absolute Gasteiger partial charge is 0.236 e. The second-order valence-electron chi connectivity index (χ2n) is 5.84. The third kappa shape index (κ3) is 3.57. The van der Waals surface area contributed by atoms with Gasteiger partial charge < -0.3 is 4.90 Å². The predicted octanol–water partition coefficient (Wildman–Crippen LogP) is 2.40. The lowest BCUT2D eigenvalue weighted by atomic mass is 9.87. The number of rotatable bonds is 3. The summed E-state index contributed by atoms with van der Waals surface area (Å²) in [5, 5.41) is 0. The Morgan fingerprint density at radius 1 is 1.35 bits per heavy atom. The van der Waals surface area contributed by atoms with Crippen LogP contribution in [0.5, 0.6) is 0 Å². The first-order chi connectivity index (χ1) is 9.47. The molecule has 0 atom stereocenters. The fourth-order valence-electron chi connectivity index (χ4n) is 2.83. The van der Waals surface area contributed by atoms with Crippen molar-refractivity contribution >= 4 is 5.91 Å². The largest absolute Gasteiger partial charge is 0.348 e. The Morgan fingerprint density at radius 2 is 2.00 bits per heavy atom. The van der Waals surface area contributed by atoms with E-state index in [1.165, 1.54) is 5.56 Å². The fourth-order valence-corrected chi connectivity index (χ4v) is 2.83. The van der Waals surface area contributed by atoms with Crippen molar-refractivity contribution in [1.82, 2.24) is 9.80 Å². The summed E-state index contributed by atoms with van der Waals surface area (Å²) in [5.41, 5.74) is 2.29. The standard InChI is InChI=1S/C16H23FN2O/c1-12-10-14(17)4-5-15(12)13-6-8-19(9-7-13)11-16(20)18(2)3/h4-5,10,13H,6-9,11H2,1-3H3. The normalized spacial score (nSPS) is 17.2. The average molecular weight is 278 g/mol. The van der Waals surface area contributed by atoms with Crippen LogP contribution >= 0.6 is 0 Å². The molecule has 0 aliphatic carbocycles. The van der Waals surface area contributed by atoms with Gasteiger partial charge in [0.1, 0.15) is 5.82 Å². The van der Waals surface area contributed by atoms with E-state index in [2.05, 4.69) is 4.90 Å². The molecule has 0 spiro atoms. The molecule has 20 heavy (non-hydrogen) atoms. The van der Waals surface area contributed by atoms with Crippen molar-refractivity contribution < 1.29 is 9.18 Å². The summed E-state index contributed by atoms with van der Waals surface area (Å²) in [6.45, 7) is 4.34. The zero-order valence-corrected chi connectivity index (χ0v) is 12.5. The molecule has 0 aromatic heterocycles. The highest BCUT2D eigenvalue weighted by atomic mass is 19.1. The second-order valence-corrected chi connectivity index (χ2v) is 5.84. The highest BCUT2D eigenvalue weighted by molar-refractivity contribution is 5.77. The van der Waals surface area contributed by atoms with Crippen LogP contribution in [0.1, 0.15) is 29.9 Å². The van der Waals surface area contributed by atoms with Crippen LogP contribution in [0, 0.1) is 12.7 Å². The van der Waals surface area contributed by atoms with Gasteiger partial charge in [0.05, 0.1) is 6.54 Å². The molecule has 1 aliphatic rings. The Morgan fingerprint density at radius 3 is 2.55 bits per heavy atom. The molecular formula is C16H23FN2O. The molecule has 1 amide bonds. The Labute approximate surface area is 120 Å². The molecule has 1 aliphatic heterocycles. The number of nitrogens with zero attached hydrogens (tertiary/aromatic N) is 2. The van der Waals surface area contributed by atoms with Crippen molar-refractivity contribution in [2.75, 3.05) is 33.7 Å². The topological polar surface area (TPSA) is 23.6 Å². The number of carbonyl (C=O) groups is 1. The van der Waals surface area contributed by atoms with Crippen LogP contribution in [0.2, 0.25) is 0 Å². The van der Waals surface area contributed by atoms with E-state index in [9.17, 15) is 9.18 Å². The lowest BCUT2D eigenvalue weighted by Crippen LogP contribution is -2.40. The summed E-state index contributed by atoms with van der Waals surface area (Å²) in [6.07, 6.45) is 2.07. The van der Waals surface area contributed by atoms with Crippen LogP contribution < -0.4 is 0 Å². The summed E-state index contributed by atoms with van der Waals surface area (Å²) >= 11 is 0. The number of aryl methyl sites for hydroxylation is 1. The van der Waals surface area contributed by atoms with Gasteiger partial charge in [-0.25, -0.2) is 4.39 Å². The van der Waals surface area contributed by atoms with E-state index >= 15 is 0 Å². The predicted molar refractivity (Wildman–Crippen MR) is 78.2 cm³/mol. The van der Waals surface area contributed by atoms with Crippen LogP contribution in [-0.2, 0) is 4.79 Å². The van der Waals surface area contributed by atoms with Crippen LogP contribution in [0.25, 0.3) is 0 Å². The van der Waals surface area contributed by atoms with Crippen molar-refractivity contribution in [3.63, 3.8) is 0 Å². The number of halogens is 1. The zero-order valence-electron chi connectivity index (χ0n) is 12.5. The van der Waals surface area contributed by atoms with E-state index in [0.717, 1.165) is 31.5 Å². The van der Waals surface area contributed by atoms with Gasteiger partial charge in [0.15, 0.2) is 0 Å². The first kappa shape index (κ1) is 15.0. The molecule has 3 nitrogen and oxygen atoms in total. The first-order valence-corrected chi connectivity index (χ1v) is 7.16. The van der Waals surface area contributed by atoms with Crippen LogP contribution in [0.3, 0.4) is 0 Å². The molecule has 2 rings (SSSR count). The third-order valence-corrected chi connectivity index (χ3v) is 4.12. The Bertz CT molecular complexity index is 479. The number of hydrogen-bond donors (Lipinski definition) is 0. The molecule has 1 heterocycles. The number of piperidine rings is 1. The van der Waals surface area contributed by atoms with E-state index in [0.29, 0.717) is 12.5 Å². The highest BCUT2D eigenvalue weighted by Crippen LogP contribution is 2.30. The second kappa shape index (κ2) is 6.35. The van der Waals surface area contributed by atoms with Gasteiger partial charge in [-0.05, 0) is 62.0 Å². The molecule has 0 saturated carbocycles. The maximum absolute atomic E-state index is 13.1. The van der Waals surface area contributed by atoms with Gasteiger partial charge in [-0.15, -0.1) is 0 Å². The lowest BCUT2D eigenvalue weighted by molar-refractivity contribution is -0.130. The maximum atomic E-state index is 13.1. The number of hydrogen-bond acceptors (Lipinski definition) is 2. The number of benzene rings is 1. The van der Waals surface area contributed by atoms with Crippen LogP contribution in [-0.4, -0.2) is 49.4 Å². The Kier molecular flexibility index (Phi) is 4.76. The molecular weight excluding hydrogens is 255 g/mol. The van der Waals surface area contributed by atoms with E-state index in [4.69, 9.17) is 0 Å². The van der Waals surface area contributed by atoms with Crippen molar-refractivity contribution in [3.8, 4) is 0 Å². The third-order valence-electron chi connectivity index (χ3n) is 4.12. The van der Waals surface area contributed by atoms with Crippen LogP contribution in [0.15, 0.2) is 18.2 Å². The first-order valence-electron chi connectivity index (χ1n) is 7.16. The van der Waals surface area contributed by atoms with Crippen molar-refractivity contribution in [3.05, 3.63) is 35.1 Å². The van der Waals surface area contributed by atoms with Gasteiger partial charge in [-0.1, -0.05) is 6.07 Å². The molecule has 1 aromatic rings. The quantitative estimate of drug-likeness (QED) is 0.847. The van der Waals surface area contributed by atoms with Gasteiger partial charge in [-0.2, -0.15) is 0 Å². The van der Waals surface area contributed by atoms with Gasteiger partial charge >= 0.3 is 0 Å². The summed E-state index contributed by atoms with van der Waals surface area (Å²) in [4.78, 5) is 15.5. The van der Waals surface area contributed by atoms with Gasteiger partial charge in [0, 0.05) is 14.1 Å². The van der Waals surface area contributed by atoms with E-state index in [1.807, 2.05) is 13.0 Å². The SMILES string of the molecule is Cc1cc(F)ccc1C1CCN(CC(=O)N(C)C)CC1. The Balaban J connectivity index is 1.92. The van der Waals surface area contributed by atoms with Crippen molar-refractivity contribution in [1.29, 1.82) is 0 Å². The molecule has 4 heteroatoms. The number of amides is 1. The summed E-state index contributed by atoms with van der Waals surface area (Å²) in [7, 11) is 3.58. The molecule has 1 fully saturated rings. The molecule has 1 aromatic carbocycles. The van der Waals surface area contributed by atoms with Gasteiger partial charge in [0.25, 0.3) is 0 Å². The Hall–Kier alpha value is -1.42. The minimum absolute atomic E-state index is 0.154. The molecule has 0 radical (unpaired) electrons. The summed E-state index contributed by atoms with van der Waals surface area (Å²) < 4.78 is 13.1. The molecule has 1 saturated heterocycles. The van der Waals surface area contributed by atoms with E-state index in [-0.39, 0.29) is 11.7 Å². The number of likely N-dealkylation sites (N-methyl/N-ethyl adjacent to an activating group) is 1. The van der Waals surface area contributed by atoms with Crippen LogP contribution in [0.4, 0.5) is 4.39 Å². The molecule has 0 bridgehead atoms. The monoisotopic (exact) mass is 278 g/mol. The maximum Gasteiger partial charge on any atom is 0.236 e.